The van der Waals surface area contributed by atoms with Gasteiger partial charge in [-0.1, -0.05) is 42.5 Å². The minimum Gasteiger partial charge on any atom is -0.493 e. The molecule has 1 heterocycles. The summed E-state index contributed by atoms with van der Waals surface area (Å²) in [5.74, 6) is 1.71. The molecule has 0 saturated heterocycles. The molecule has 2 aromatic carbocycles. The summed E-state index contributed by atoms with van der Waals surface area (Å²) in [6, 6.07) is 15.0. The zero-order chi connectivity index (χ0) is 13.5. The van der Waals surface area contributed by atoms with Crippen LogP contribution in [0.1, 0.15) is 41.0 Å². The van der Waals surface area contributed by atoms with E-state index in [1.54, 1.807) is 0 Å². The number of ether oxygens (including phenoxy) is 1. The number of rotatable bonds is 1. The lowest BCUT2D eigenvalue weighted by Crippen LogP contribution is -2.09. The van der Waals surface area contributed by atoms with Crippen molar-refractivity contribution >= 4 is 11.6 Å². The largest absolute Gasteiger partial charge is 0.493 e. The molecule has 0 fully saturated rings. The minimum absolute atomic E-state index is 0.604. The van der Waals surface area contributed by atoms with Crippen molar-refractivity contribution in [2.45, 2.75) is 25.7 Å². The molecule has 0 radical (unpaired) electrons. The molecule has 4 rings (SSSR count). The van der Waals surface area contributed by atoms with Crippen molar-refractivity contribution in [3.8, 4) is 5.75 Å². The summed E-state index contributed by atoms with van der Waals surface area (Å²) in [7, 11) is 0. The molecule has 2 aromatic rings. The number of hydrogen-bond donors (Lipinski definition) is 0. The van der Waals surface area contributed by atoms with Crippen LogP contribution in [0.2, 0.25) is 0 Å². The molecular formula is C19H18O. The topological polar surface area (TPSA) is 9.23 Å². The number of benzene rings is 2. The van der Waals surface area contributed by atoms with Crippen molar-refractivity contribution in [1.29, 1.82) is 0 Å². The molecule has 1 aliphatic carbocycles. The summed E-state index contributed by atoms with van der Waals surface area (Å²) in [4.78, 5) is 0. The molecule has 0 N–H and O–H groups in total. The van der Waals surface area contributed by atoms with Gasteiger partial charge in [0.15, 0.2) is 0 Å². The molecule has 1 aliphatic heterocycles. The van der Waals surface area contributed by atoms with Gasteiger partial charge in [0.05, 0.1) is 6.61 Å². The Hall–Kier alpha value is -2.02. The highest BCUT2D eigenvalue weighted by atomic mass is 16.5. The second-order valence-electron chi connectivity index (χ2n) is 5.80. The maximum absolute atomic E-state index is 5.85. The van der Waals surface area contributed by atoms with Crippen molar-refractivity contribution in [3.63, 3.8) is 0 Å². The van der Waals surface area contributed by atoms with Crippen molar-refractivity contribution < 1.29 is 4.74 Å². The first kappa shape index (κ1) is 11.8. The molecule has 1 unspecified atom stereocenters. The summed E-state index contributed by atoms with van der Waals surface area (Å²) in [6.45, 7) is 3.08. The Morgan fingerprint density at radius 1 is 1.10 bits per heavy atom. The highest BCUT2D eigenvalue weighted by Gasteiger charge is 2.32. The Bertz CT molecular complexity index is 682. The van der Waals surface area contributed by atoms with Crippen LogP contribution >= 0.6 is 0 Å². The normalized spacial score (nSPS) is 21.6. The summed E-state index contributed by atoms with van der Waals surface area (Å²) in [5, 5.41) is 0. The van der Waals surface area contributed by atoms with E-state index >= 15 is 0 Å². The first-order valence-electron chi connectivity index (χ1n) is 7.35. The van der Waals surface area contributed by atoms with Gasteiger partial charge in [-0.05, 0) is 48.1 Å². The minimum atomic E-state index is 0.604. The maximum atomic E-state index is 5.85. The Kier molecular flexibility index (Phi) is 2.66. The SMILES string of the molecule is Cc1ccc2c3c1/C(=C/c1ccccc1)CCC3CO2. The van der Waals surface area contributed by atoms with Gasteiger partial charge in [-0.25, -0.2) is 0 Å². The average molecular weight is 262 g/mol. The quantitative estimate of drug-likeness (QED) is 0.717. The lowest BCUT2D eigenvalue weighted by atomic mass is 9.78. The van der Waals surface area contributed by atoms with Gasteiger partial charge in [0.25, 0.3) is 0 Å². The van der Waals surface area contributed by atoms with E-state index in [9.17, 15) is 0 Å². The molecule has 2 aliphatic rings. The van der Waals surface area contributed by atoms with Crippen LogP contribution in [0.4, 0.5) is 0 Å². The van der Waals surface area contributed by atoms with Gasteiger partial charge in [0.2, 0.25) is 0 Å². The van der Waals surface area contributed by atoms with Crippen molar-refractivity contribution in [2.24, 2.45) is 0 Å². The van der Waals surface area contributed by atoms with E-state index < -0.39 is 0 Å². The van der Waals surface area contributed by atoms with Crippen LogP contribution in [0.5, 0.6) is 5.75 Å². The van der Waals surface area contributed by atoms with E-state index in [2.05, 4.69) is 55.5 Å². The fraction of sp³-hybridized carbons (Fsp3) is 0.263. The molecule has 0 saturated carbocycles. The molecule has 1 heteroatoms. The van der Waals surface area contributed by atoms with Gasteiger partial charge >= 0.3 is 0 Å². The first-order chi connectivity index (χ1) is 9.83. The fourth-order valence-corrected chi connectivity index (χ4v) is 3.52. The van der Waals surface area contributed by atoms with Crippen LogP contribution in [0.15, 0.2) is 42.5 Å². The van der Waals surface area contributed by atoms with E-state index in [1.807, 2.05) is 0 Å². The van der Waals surface area contributed by atoms with Crippen LogP contribution in [-0.2, 0) is 0 Å². The third-order valence-electron chi connectivity index (χ3n) is 4.49. The summed E-state index contributed by atoms with van der Waals surface area (Å²) < 4.78 is 5.85. The van der Waals surface area contributed by atoms with Crippen LogP contribution in [0.3, 0.4) is 0 Å². The lowest BCUT2D eigenvalue weighted by Gasteiger charge is -2.24. The monoisotopic (exact) mass is 262 g/mol. The van der Waals surface area contributed by atoms with Crippen LogP contribution in [-0.4, -0.2) is 6.61 Å². The summed E-state index contributed by atoms with van der Waals surface area (Å²) >= 11 is 0. The van der Waals surface area contributed by atoms with Gasteiger partial charge in [-0.3, -0.25) is 0 Å². The summed E-state index contributed by atoms with van der Waals surface area (Å²) in [5.41, 5.74) is 7.03. The third kappa shape index (κ3) is 1.77. The molecule has 0 aromatic heterocycles. The lowest BCUT2D eigenvalue weighted by molar-refractivity contribution is 0.326. The Balaban J connectivity index is 1.88. The maximum Gasteiger partial charge on any atom is 0.123 e. The van der Waals surface area contributed by atoms with E-state index in [0.29, 0.717) is 5.92 Å². The molecular weight excluding hydrogens is 244 g/mol. The second kappa shape index (κ2) is 4.52. The summed E-state index contributed by atoms with van der Waals surface area (Å²) in [6.07, 6.45) is 4.71. The van der Waals surface area contributed by atoms with E-state index in [-0.39, 0.29) is 0 Å². The standard InChI is InChI=1S/C19H18O/c1-13-7-10-17-19-16(12-20-17)9-8-15(18(13)19)11-14-5-3-2-4-6-14/h2-7,10-11,16H,8-9,12H2,1H3/b15-11+. The molecule has 100 valence electrons. The van der Waals surface area contributed by atoms with Crippen LogP contribution in [0.25, 0.3) is 11.6 Å². The molecule has 0 bridgehead atoms. The first-order valence-corrected chi connectivity index (χ1v) is 7.35. The zero-order valence-corrected chi connectivity index (χ0v) is 11.7. The van der Waals surface area contributed by atoms with Gasteiger partial charge in [0, 0.05) is 11.5 Å². The number of aryl methyl sites for hydroxylation is 1. The number of allylic oxidation sites excluding steroid dienone is 1. The Morgan fingerprint density at radius 2 is 1.95 bits per heavy atom. The highest BCUT2D eigenvalue weighted by Crippen LogP contribution is 2.48. The molecule has 20 heavy (non-hydrogen) atoms. The predicted molar refractivity (Wildman–Crippen MR) is 83.0 cm³/mol. The Morgan fingerprint density at radius 3 is 2.80 bits per heavy atom. The van der Waals surface area contributed by atoms with E-state index in [1.165, 1.54) is 34.2 Å². The van der Waals surface area contributed by atoms with Crippen molar-refractivity contribution in [1.82, 2.24) is 0 Å². The van der Waals surface area contributed by atoms with Crippen LogP contribution in [0, 0.1) is 6.92 Å². The third-order valence-corrected chi connectivity index (χ3v) is 4.49. The second-order valence-corrected chi connectivity index (χ2v) is 5.80. The molecule has 1 atom stereocenters. The van der Waals surface area contributed by atoms with Gasteiger partial charge < -0.3 is 4.74 Å². The highest BCUT2D eigenvalue weighted by molar-refractivity contribution is 5.86. The molecule has 0 spiro atoms. The molecule has 1 nitrogen and oxygen atoms in total. The van der Waals surface area contributed by atoms with Gasteiger partial charge in [0.1, 0.15) is 5.75 Å². The average Bonchev–Trinajstić information content (AvgIpc) is 2.89. The van der Waals surface area contributed by atoms with E-state index in [4.69, 9.17) is 4.74 Å². The smallest absolute Gasteiger partial charge is 0.123 e. The fourth-order valence-electron chi connectivity index (χ4n) is 3.52. The van der Waals surface area contributed by atoms with Crippen molar-refractivity contribution in [3.05, 3.63) is 64.7 Å². The Labute approximate surface area is 119 Å². The van der Waals surface area contributed by atoms with Gasteiger partial charge in [-0.15, -0.1) is 0 Å². The predicted octanol–water partition coefficient (Wildman–Crippen LogP) is 4.81. The number of hydrogen-bond acceptors (Lipinski definition) is 1. The van der Waals surface area contributed by atoms with Crippen LogP contribution < -0.4 is 4.74 Å². The van der Waals surface area contributed by atoms with E-state index in [0.717, 1.165) is 18.8 Å². The van der Waals surface area contributed by atoms with Gasteiger partial charge in [-0.2, -0.15) is 0 Å². The van der Waals surface area contributed by atoms with Crippen molar-refractivity contribution in [2.75, 3.05) is 6.61 Å². The zero-order valence-electron chi connectivity index (χ0n) is 11.7. The molecule has 0 amide bonds.